The molecular weight excluding hydrogens is 1390 g/mol. The van der Waals surface area contributed by atoms with Crippen LogP contribution in [0.3, 0.4) is 0 Å². The molecule has 4 fully saturated rings. The smallest absolute Gasteiger partial charge is 0.201 e. The molecule has 0 saturated heterocycles. The third-order valence-corrected chi connectivity index (χ3v) is 34.2. The third kappa shape index (κ3) is 23.3. The maximum absolute atomic E-state index is 2.56. The summed E-state index contributed by atoms with van der Waals surface area (Å²) in [5, 5.41) is 6.66. The number of rotatable bonds is 21. The van der Waals surface area contributed by atoms with E-state index in [4.69, 9.17) is 0 Å². The van der Waals surface area contributed by atoms with Gasteiger partial charge in [-0.25, -0.2) is 18.3 Å². The van der Waals surface area contributed by atoms with Crippen LogP contribution in [0.25, 0.3) is 45.0 Å². The molecule has 0 N–H and O–H groups in total. The molecular formula is C102H156N4Si4+4. The molecule has 0 radical (unpaired) electrons. The van der Waals surface area contributed by atoms with Crippen LogP contribution >= 0.6 is 0 Å². The van der Waals surface area contributed by atoms with Crippen LogP contribution in [0.15, 0.2) is 122 Å². The summed E-state index contributed by atoms with van der Waals surface area (Å²) in [5.41, 5.74) is 29.0. The zero-order valence-corrected chi connectivity index (χ0v) is 79.6. The largest absolute Gasteiger partial charge is 0.212 e. The monoisotopic (exact) mass is 1550 g/mol. The Morgan fingerprint density at radius 1 is 0.355 bits per heavy atom. The highest BCUT2D eigenvalue weighted by molar-refractivity contribution is 6.90. The van der Waals surface area contributed by atoms with E-state index in [0.29, 0.717) is 11.8 Å². The summed E-state index contributed by atoms with van der Waals surface area (Å²) in [6.07, 6.45) is 41.4. The van der Waals surface area contributed by atoms with Crippen molar-refractivity contribution in [3.8, 4) is 45.0 Å². The van der Waals surface area contributed by atoms with Gasteiger partial charge in [0.1, 0.15) is 28.2 Å². The minimum atomic E-state index is -1.42. The molecule has 4 heterocycles. The molecule has 4 aliphatic rings. The van der Waals surface area contributed by atoms with Crippen LogP contribution < -0.4 is 39.0 Å². The molecule has 8 aromatic rings. The summed E-state index contributed by atoms with van der Waals surface area (Å²) in [5.74, 6) is 4.95. The topological polar surface area (TPSA) is 15.5 Å². The lowest BCUT2D eigenvalue weighted by Gasteiger charge is -2.23. The SMILES string of the molecule is CCC(CC)c1ccc(C)c(-c2cc([Si](C)(C)C)c(CC3CCCC3)c[n+]2C)c1.Cc1ccc(-c2cc([Si](C)(C)C)c(CC3CCCC3)c[n+]2C)c(C)c1.Cc1ccc(C(C)(C)C)cc1-c1cc([Si](C)(C)C)c(CC2CCCC2)c[n+]1C.Cc1ccc(CC(C)C)cc1-c1cc([Si](C)(C)C)c(CC2CCCC2)c[n+]1C. The fourth-order valence-corrected chi connectivity index (χ4v) is 26.2. The maximum Gasteiger partial charge on any atom is 0.212 e. The molecule has 8 heteroatoms. The lowest BCUT2D eigenvalue weighted by Crippen LogP contribution is -2.45. The summed E-state index contributed by atoms with van der Waals surface area (Å²) >= 11 is 0. The molecule has 4 nitrogen and oxygen atoms in total. The zero-order valence-electron chi connectivity index (χ0n) is 75.6. The average Bonchev–Trinajstić information content (AvgIpc) is 1.36. The normalized spacial score (nSPS) is 15.7. The van der Waals surface area contributed by atoms with Gasteiger partial charge in [0.05, 0.1) is 32.3 Å². The highest BCUT2D eigenvalue weighted by atomic mass is 28.3. The molecule has 0 bridgehead atoms. The fraction of sp³-hybridized carbons (Fsp3) is 0.569. The summed E-state index contributed by atoms with van der Waals surface area (Å²) in [6.45, 7) is 57.4. The second-order valence-corrected chi connectivity index (χ2v) is 61.3. The van der Waals surface area contributed by atoms with Crippen molar-refractivity contribution in [3.63, 3.8) is 0 Å². The van der Waals surface area contributed by atoms with Crippen LogP contribution in [0.1, 0.15) is 237 Å². The highest BCUT2D eigenvalue weighted by Crippen LogP contribution is 2.37. The number of aromatic nitrogens is 4. The van der Waals surface area contributed by atoms with Gasteiger partial charge in [-0.15, -0.1) is 0 Å². The molecule has 596 valence electrons. The Labute approximate surface area is 678 Å². The van der Waals surface area contributed by atoms with E-state index >= 15 is 0 Å². The van der Waals surface area contributed by atoms with E-state index < -0.39 is 32.3 Å². The van der Waals surface area contributed by atoms with E-state index in [9.17, 15) is 0 Å². The van der Waals surface area contributed by atoms with Crippen LogP contribution in [0.4, 0.5) is 0 Å². The Morgan fingerprint density at radius 2 is 0.664 bits per heavy atom. The van der Waals surface area contributed by atoms with Gasteiger partial charge in [-0.1, -0.05) is 284 Å². The third-order valence-electron chi connectivity index (χ3n) is 25.8. The van der Waals surface area contributed by atoms with E-state index in [1.54, 1.807) is 43.0 Å². The van der Waals surface area contributed by atoms with Crippen molar-refractivity contribution in [1.82, 2.24) is 0 Å². The van der Waals surface area contributed by atoms with Crippen LogP contribution in [0, 0.1) is 64.2 Å². The van der Waals surface area contributed by atoms with Gasteiger partial charge < -0.3 is 0 Å². The Morgan fingerprint density at radius 3 is 0.973 bits per heavy atom. The van der Waals surface area contributed by atoms with Crippen LogP contribution in [-0.2, 0) is 65.7 Å². The summed E-state index contributed by atoms with van der Waals surface area (Å²) in [7, 11) is 3.34. The predicted octanol–water partition coefficient (Wildman–Crippen LogP) is 23.8. The number of benzene rings is 4. The predicted molar refractivity (Wildman–Crippen MR) is 491 cm³/mol. The molecule has 0 amide bonds. The second-order valence-electron chi connectivity index (χ2n) is 41.2. The lowest BCUT2D eigenvalue weighted by molar-refractivity contribution is -0.660. The average molecular weight is 1550 g/mol. The minimum Gasteiger partial charge on any atom is -0.201 e. The molecule has 4 aromatic heterocycles. The molecule has 12 rings (SSSR count). The maximum atomic E-state index is 2.56. The first-order valence-electron chi connectivity index (χ1n) is 44.1. The van der Waals surface area contributed by atoms with Crippen molar-refractivity contribution >= 4 is 53.0 Å². The van der Waals surface area contributed by atoms with E-state index in [1.807, 2.05) is 0 Å². The summed E-state index contributed by atoms with van der Waals surface area (Å²) < 4.78 is 9.57. The summed E-state index contributed by atoms with van der Waals surface area (Å²) in [6, 6.07) is 38.3. The first-order chi connectivity index (χ1) is 51.6. The Kier molecular flexibility index (Phi) is 30.3. The molecule has 4 aliphatic carbocycles. The van der Waals surface area contributed by atoms with Crippen molar-refractivity contribution in [3.05, 3.63) is 189 Å². The van der Waals surface area contributed by atoms with Gasteiger partial charge in [-0.3, -0.25) is 0 Å². The number of hydrogen-bond acceptors (Lipinski definition) is 0. The highest BCUT2D eigenvalue weighted by Gasteiger charge is 2.34. The fourth-order valence-electron chi connectivity index (χ4n) is 19.4. The zero-order chi connectivity index (χ0) is 80.5. The molecule has 0 atom stereocenters. The number of pyridine rings is 4. The van der Waals surface area contributed by atoms with Gasteiger partial charge in [0.15, 0.2) is 24.8 Å². The van der Waals surface area contributed by atoms with Gasteiger partial charge in [0.25, 0.3) is 0 Å². The van der Waals surface area contributed by atoms with Crippen molar-refractivity contribution < 1.29 is 18.3 Å². The first-order valence-corrected chi connectivity index (χ1v) is 58.1. The van der Waals surface area contributed by atoms with Gasteiger partial charge in [-0.2, -0.15) is 0 Å². The Bertz CT molecular complexity index is 4390. The summed E-state index contributed by atoms with van der Waals surface area (Å²) in [4.78, 5) is 0. The minimum absolute atomic E-state index is 0.172. The van der Waals surface area contributed by atoms with E-state index in [2.05, 4.69) is 330 Å². The van der Waals surface area contributed by atoms with Crippen molar-refractivity contribution in [2.45, 2.75) is 321 Å². The molecule has 0 aliphatic heterocycles. The number of nitrogens with zero attached hydrogens (tertiary/aromatic N) is 4. The van der Waals surface area contributed by atoms with Crippen LogP contribution in [0.2, 0.25) is 78.6 Å². The van der Waals surface area contributed by atoms with E-state index in [1.165, 1.54) is 231 Å². The first kappa shape index (κ1) is 88.3. The van der Waals surface area contributed by atoms with Crippen molar-refractivity contribution in [1.29, 1.82) is 0 Å². The molecule has 4 saturated carbocycles. The van der Waals surface area contributed by atoms with E-state index in [-0.39, 0.29) is 5.41 Å². The quantitative estimate of drug-likeness (QED) is 0.0503. The Balaban J connectivity index is 0.000000169. The second kappa shape index (κ2) is 37.7. The van der Waals surface area contributed by atoms with Gasteiger partial charge in [0.2, 0.25) is 22.8 Å². The van der Waals surface area contributed by atoms with Gasteiger partial charge in [0, 0.05) is 68.8 Å². The lowest BCUT2D eigenvalue weighted by atomic mass is 9.84. The van der Waals surface area contributed by atoms with Crippen LogP contribution in [0.5, 0.6) is 0 Å². The van der Waals surface area contributed by atoms with Crippen molar-refractivity contribution in [2.24, 2.45) is 57.8 Å². The van der Waals surface area contributed by atoms with Crippen molar-refractivity contribution in [2.75, 3.05) is 0 Å². The number of hydrogen-bond donors (Lipinski definition) is 0. The molecule has 0 unspecified atom stereocenters. The van der Waals surface area contributed by atoms with E-state index in [0.717, 1.165) is 30.1 Å². The number of aryl methyl sites for hydroxylation is 9. The van der Waals surface area contributed by atoms with Gasteiger partial charge in [-0.05, 0) is 204 Å². The van der Waals surface area contributed by atoms with Crippen LogP contribution in [-0.4, -0.2) is 32.3 Å². The molecule has 110 heavy (non-hydrogen) atoms. The molecule has 0 spiro atoms. The molecule has 4 aromatic carbocycles. The standard InChI is InChI=1S/C27H42NSi.2C26H40NSi.C23H34NSi/c1-8-22(9-2)23-15-14-20(3)25(17-23)26-18-27(29(5,6)7)24(19-28(26)4)16-21-12-10-11-13-21;1-19-13-14-22(26(2,3)4)16-23(19)24-17-25(28(6,7)8)21(18-27(24)5)15-20-11-9-10-12-20;1-19(2)14-22-13-12-20(3)24(16-22)25-17-26(28(5,6)7)23(18-27(25)4)15-21-10-8-9-11-21;1-17-11-12-21(18(2)13-17)22-15-23(25(4,5)6)20(16-24(22)3)14-19-9-7-8-10-19/h14-15,17-19,21-22H,8-13,16H2,1-7H3;13-14,16-18,20H,9-12,15H2,1-8H3;12-13,16-19,21H,8-11,14-15H2,1-7H3;11-13,15-16,19H,7-10,14H2,1-6H3/q4*+1. The Hall–Kier alpha value is -5.65. The van der Waals surface area contributed by atoms with Gasteiger partial charge >= 0.3 is 0 Å².